The van der Waals surface area contributed by atoms with Gasteiger partial charge in [-0.15, -0.1) is 11.8 Å². The van der Waals surface area contributed by atoms with Crippen molar-refractivity contribution in [1.29, 1.82) is 0 Å². The van der Waals surface area contributed by atoms with E-state index in [0.717, 1.165) is 10.6 Å². The van der Waals surface area contributed by atoms with Crippen molar-refractivity contribution in [2.45, 2.75) is 31.7 Å². The molecule has 0 heterocycles. The number of nitrogens with one attached hydrogen (secondary N) is 1. The van der Waals surface area contributed by atoms with Gasteiger partial charge in [-0.05, 0) is 45.2 Å². The number of thioether (sulfide) groups is 1. The minimum Gasteiger partial charge on any atom is -0.465 e. The van der Waals surface area contributed by atoms with Crippen LogP contribution < -0.4 is 5.32 Å². The number of esters is 1. The van der Waals surface area contributed by atoms with E-state index in [1.54, 1.807) is 23.6 Å². The van der Waals surface area contributed by atoms with Crippen LogP contribution in [-0.2, 0) is 14.3 Å². The van der Waals surface area contributed by atoms with Gasteiger partial charge < -0.3 is 10.1 Å². The third-order valence-corrected chi connectivity index (χ3v) is 3.79. The summed E-state index contributed by atoms with van der Waals surface area (Å²) in [5, 5.41) is 2.86. The number of carbonyl (C=O) groups is 2. The van der Waals surface area contributed by atoms with Crippen molar-refractivity contribution in [3.05, 3.63) is 24.3 Å². The van der Waals surface area contributed by atoms with Gasteiger partial charge in [0.25, 0.3) is 0 Å². The number of carbonyl (C=O) groups excluding carboxylic acids is 2. The molecule has 0 spiro atoms. The van der Waals surface area contributed by atoms with Crippen LogP contribution in [0.2, 0.25) is 0 Å². The SMILES string of the molecule is CCOC(=O)CN(CC(=O)Nc1cccc(SC)c1)C(C)C. The number of nitrogens with zero attached hydrogens (tertiary/aromatic N) is 1. The molecule has 1 rings (SSSR count). The van der Waals surface area contributed by atoms with E-state index in [4.69, 9.17) is 4.74 Å². The lowest BCUT2D eigenvalue weighted by Gasteiger charge is -2.24. The summed E-state index contributed by atoms with van der Waals surface area (Å²) in [6.45, 7) is 6.27. The first-order chi connectivity index (χ1) is 10.5. The topological polar surface area (TPSA) is 58.6 Å². The van der Waals surface area contributed by atoms with Crippen LogP contribution >= 0.6 is 11.8 Å². The Morgan fingerprint density at radius 1 is 1.32 bits per heavy atom. The molecule has 122 valence electrons. The molecule has 0 aromatic heterocycles. The Balaban J connectivity index is 2.61. The molecule has 1 aromatic carbocycles. The molecule has 0 fully saturated rings. The maximum atomic E-state index is 12.2. The van der Waals surface area contributed by atoms with Gasteiger partial charge in [0.1, 0.15) is 0 Å². The Bertz CT molecular complexity index is 506. The highest BCUT2D eigenvalue weighted by Gasteiger charge is 2.18. The summed E-state index contributed by atoms with van der Waals surface area (Å²) in [6, 6.07) is 7.74. The van der Waals surface area contributed by atoms with Gasteiger partial charge in [-0.1, -0.05) is 6.07 Å². The van der Waals surface area contributed by atoms with Crippen LogP contribution in [0.15, 0.2) is 29.2 Å². The number of amides is 1. The number of rotatable bonds is 8. The quantitative estimate of drug-likeness (QED) is 0.588. The summed E-state index contributed by atoms with van der Waals surface area (Å²) in [5.41, 5.74) is 0.761. The van der Waals surface area contributed by atoms with Gasteiger partial charge in [-0.25, -0.2) is 0 Å². The Labute approximate surface area is 136 Å². The van der Waals surface area contributed by atoms with E-state index in [1.807, 2.05) is 44.4 Å². The molecule has 1 N–H and O–H groups in total. The molecule has 0 bridgehead atoms. The van der Waals surface area contributed by atoms with Gasteiger partial charge in [0.05, 0.1) is 19.7 Å². The molecule has 0 aliphatic rings. The first kappa shape index (κ1) is 18.5. The minimum absolute atomic E-state index is 0.0766. The Morgan fingerprint density at radius 3 is 2.64 bits per heavy atom. The van der Waals surface area contributed by atoms with Gasteiger partial charge in [-0.3, -0.25) is 14.5 Å². The summed E-state index contributed by atoms with van der Waals surface area (Å²) in [5.74, 6) is -0.454. The zero-order valence-corrected chi connectivity index (χ0v) is 14.4. The van der Waals surface area contributed by atoms with Crippen molar-refractivity contribution in [3.8, 4) is 0 Å². The molecule has 0 aliphatic carbocycles. The summed E-state index contributed by atoms with van der Waals surface area (Å²) in [6.07, 6.45) is 1.99. The lowest BCUT2D eigenvalue weighted by molar-refractivity contribution is -0.145. The minimum atomic E-state index is -0.312. The average molecular weight is 324 g/mol. The molecule has 0 unspecified atom stereocenters. The van der Waals surface area contributed by atoms with Crippen molar-refractivity contribution in [1.82, 2.24) is 4.90 Å². The highest BCUT2D eigenvalue weighted by Crippen LogP contribution is 2.18. The van der Waals surface area contributed by atoms with Gasteiger partial charge >= 0.3 is 5.97 Å². The molecule has 0 radical (unpaired) electrons. The monoisotopic (exact) mass is 324 g/mol. The molecule has 0 saturated heterocycles. The Morgan fingerprint density at radius 2 is 2.05 bits per heavy atom. The highest BCUT2D eigenvalue weighted by atomic mass is 32.2. The number of hydrogen-bond donors (Lipinski definition) is 1. The lowest BCUT2D eigenvalue weighted by atomic mass is 10.3. The zero-order chi connectivity index (χ0) is 16.5. The zero-order valence-electron chi connectivity index (χ0n) is 13.6. The summed E-state index contributed by atoms with van der Waals surface area (Å²) < 4.78 is 4.94. The van der Waals surface area contributed by atoms with E-state index in [0.29, 0.717) is 6.61 Å². The molecule has 22 heavy (non-hydrogen) atoms. The van der Waals surface area contributed by atoms with E-state index in [1.165, 1.54) is 0 Å². The van der Waals surface area contributed by atoms with Crippen molar-refractivity contribution in [3.63, 3.8) is 0 Å². The summed E-state index contributed by atoms with van der Waals surface area (Å²) >= 11 is 1.62. The van der Waals surface area contributed by atoms with Crippen LogP contribution in [0.25, 0.3) is 0 Å². The molecule has 0 aliphatic heterocycles. The van der Waals surface area contributed by atoms with E-state index >= 15 is 0 Å². The smallest absolute Gasteiger partial charge is 0.320 e. The third-order valence-electron chi connectivity index (χ3n) is 3.07. The number of benzene rings is 1. The Hall–Kier alpha value is -1.53. The Kier molecular flexibility index (Phi) is 7.98. The van der Waals surface area contributed by atoms with E-state index in [9.17, 15) is 9.59 Å². The largest absolute Gasteiger partial charge is 0.465 e. The van der Waals surface area contributed by atoms with Crippen LogP contribution in [0.1, 0.15) is 20.8 Å². The fraction of sp³-hybridized carbons (Fsp3) is 0.500. The standard InChI is InChI=1S/C16H24N2O3S/c1-5-21-16(20)11-18(12(2)3)10-15(19)17-13-7-6-8-14(9-13)22-4/h6-9,12H,5,10-11H2,1-4H3,(H,17,19). The molecule has 1 amide bonds. The van der Waals surface area contributed by atoms with Crippen molar-refractivity contribution >= 4 is 29.3 Å². The lowest BCUT2D eigenvalue weighted by Crippen LogP contribution is -2.41. The van der Waals surface area contributed by atoms with E-state index in [-0.39, 0.29) is 31.0 Å². The fourth-order valence-electron chi connectivity index (χ4n) is 1.88. The van der Waals surface area contributed by atoms with Gasteiger partial charge in [0.15, 0.2) is 0 Å². The fourth-order valence-corrected chi connectivity index (χ4v) is 2.34. The van der Waals surface area contributed by atoms with Gasteiger partial charge in [0, 0.05) is 16.6 Å². The molecule has 0 atom stereocenters. The van der Waals surface area contributed by atoms with Crippen molar-refractivity contribution in [2.24, 2.45) is 0 Å². The number of hydrogen-bond acceptors (Lipinski definition) is 5. The first-order valence-corrected chi connectivity index (χ1v) is 8.52. The number of ether oxygens (including phenoxy) is 1. The van der Waals surface area contributed by atoms with Crippen LogP contribution in [0.3, 0.4) is 0 Å². The predicted octanol–water partition coefficient (Wildman–Crippen LogP) is 2.62. The normalized spacial score (nSPS) is 10.8. The maximum absolute atomic E-state index is 12.2. The molecular weight excluding hydrogens is 300 g/mol. The second-order valence-electron chi connectivity index (χ2n) is 5.08. The average Bonchev–Trinajstić information content (AvgIpc) is 2.46. The third kappa shape index (κ3) is 6.49. The molecule has 1 aromatic rings. The molecular formula is C16H24N2O3S. The van der Waals surface area contributed by atoms with Crippen molar-refractivity contribution in [2.75, 3.05) is 31.3 Å². The summed E-state index contributed by atoms with van der Waals surface area (Å²) in [4.78, 5) is 26.6. The van der Waals surface area contributed by atoms with Crippen LogP contribution in [0, 0.1) is 0 Å². The second kappa shape index (κ2) is 9.48. The highest BCUT2D eigenvalue weighted by molar-refractivity contribution is 7.98. The van der Waals surface area contributed by atoms with E-state index < -0.39 is 0 Å². The van der Waals surface area contributed by atoms with E-state index in [2.05, 4.69) is 5.32 Å². The van der Waals surface area contributed by atoms with Crippen LogP contribution in [-0.4, -0.2) is 48.8 Å². The maximum Gasteiger partial charge on any atom is 0.320 e. The van der Waals surface area contributed by atoms with Gasteiger partial charge in [-0.2, -0.15) is 0 Å². The van der Waals surface area contributed by atoms with Crippen molar-refractivity contribution < 1.29 is 14.3 Å². The predicted molar refractivity (Wildman–Crippen MR) is 90.2 cm³/mol. The van der Waals surface area contributed by atoms with Crippen LogP contribution in [0.4, 0.5) is 5.69 Å². The first-order valence-electron chi connectivity index (χ1n) is 7.29. The van der Waals surface area contributed by atoms with Crippen LogP contribution in [0.5, 0.6) is 0 Å². The number of anilines is 1. The van der Waals surface area contributed by atoms with Gasteiger partial charge in [0.2, 0.25) is 5.91 Å². The molecule has 5 nitrogen and oxygen atoms in total. The molecule has 6 heteroatoms. The second-order valence-corrected chi connectivity index (χ2v) is 5.96. The summed E-state index contributed by atoms with van der Waals surface area (Å²) in [7, 11) is 0. The molecule has 0 saturated carbocycles.